The molecular weight excluding hydrogens is 259 g/mol. The number of alkyl halides is 3. The number of nitrogens with one attached hydrogen (secondary N) is 1. The standard InChI is InChI=1S/C13H16F3NO2/c1-17-12(8-19-11-6-18-7-11)9-3-2-4-10(5-9)13(14,15)16/h2-5,11-12,17H,6-8H2,1H3. The summed E-state index contributed by atoms with van der Waals surface area (Å²) in [4.78, 5) is 0. The molecule has 6 heteroatoms. The predicted molar refractivity (Wildman–Crippen MR) is 63.8 cm³/mol. The molecule has 2 rings (SSSR count). The van der Waals surface area contributed by atoms with Gasteiger partial charge in [-0.25, -0.2) is 0 Å². The third-order valence-electron chi connectivity index (χ3n) is 3.07. The van der Waals surface area contributed by atoms with E-state index in [1.54, 1.807) is 13.1 Å². The van der Waals surface area contributed by atoms with Crippen LogP contribution in [0.15, 0.2) is 24.3 Å². The maximum atomic E-state index is 12.6. The molecule has 1 atom stereocenters. The number of halogens is 3. The van der Waals surface area contributed by atoms with Gasteiger partial charge in [0.15, 0.2) is 0 Å². The van der Waals surface area contributed by atoms with Crippen LogP contribution in [0.4, 0.5) is 13.2 Å². The largest absolute Gasteiger partial charge is 0.416 e. The zero-order chi connectivity index (χ0) is 13.9. The average molecular weight is 275 g/mol. The molecule has 0 bridgehead atoms. The van der Waals surface area contributed by atoms with Gasteiger partial charge in [0.2, 0.25) is 0 Å². The van der Waals surface area contributed by atoms with Crippen LogP contribution >= 0.6 is 0 Å². The van der Waals surface area contributed by atoms with Crippen molar-refractivity contribution in [3.8, 4) is 0 Å². The topological polar surface area (TPSA) is 30.5 Å². The molecule has 0 aliphatic carbocycles. The normalized spacial score (nSPS) is 18.1. The average Bonchev–Trinajstić information content (AvgIpc) is 2.31. The minimum Gasteiger partial charge on any atom is -0.376 e. The Morgan fingerprint density at radius 1 is 1.42 bits per heavy atom. The van der Waals surface area contributed by atoms with Crippen LogP contribution in [0.2, 0.25) is 0 Å². The van der Waals surface area contributed by atoms with E-state index < -0.39 is 11.7 Å². The van der Waals surface area contributed by atoms with Crippen molar-refractivity contribution in [2.24, 2.45) is 0 Å². The lowest BCUT2D eigenvalue weighted by Crippen LogP contribution is -2.38. The van der Waals surface area contributed by atoms with Crippen LogP contribution in [0.1, 0.15) is 17.2 Å². The van der Waals surface area contributed by atoms with Gasteiger partial charge in [0.1, 0.15) is 6.10 Å². The van der Waals surface area contributed by atoms with E-state index in [2.05, 4.69) is 5.32 Å². The predicted octanol–water partition coefficient (Wildman–Crippen LogP) is 2.38. The van der Waals surface area contributed by atoms with E-state index in [0.717, 1.165) is 12.1 Å². The van der Waals surface area contributed by atoms with Crippen LogP contribution in [-0.4, -0.2) is 33.0 Å². The molecule has 0 aromatic heterocycles. The number of hydrogen-bond donors (Lipinski definition) is 1. The zero-order valence-electron chi connectivity index (χ0n) is 10.5. The van der Waals surface area contributed by atoms with E-state index in [4.69, 9.17) is 9.47 Å². The molecule has 1 heterocycles. The molecule has 3 nitrogen and oxygen atoms in total. The van der Waals surface area contributed by atoms with Gasteiger partial charge in [-0.05, 0) is 24.7 Å². The summed E-state index contributed by atoms with van der Waals surface area (Å²) in [5.74, 6) is 0. The third kappa shape index (κ3) is 3.68. The summed E-state index contributed by atoms with van der Waals surface area (Å²) >= 11 is 0. The molecule has 1 saturated heterocycles. The van der Waals surface area contributed by atoms with Crippen LogP contribution in [0.25, 0.3) is 0 Å². The molecular formula is C13H16F3NO2. The lowest BCUT2D eigenvalue weighted by atomic mass is 10.0. The maximum absolute atomic E-state index is 12.6. The second-order valence-electron chi connectivity index (χ2n) is 4.46. The highest BCUT2D eigenvalue weighted by molar-refractivity contribution is 5.28. The Morgan fingerprint density at radius 2 is 2.16 bits per heavy atom. The molecule has 0 amide bonds. The summed E-state index contributed by atoms with van der Waals surface area (Å²) in [5.41, 5.74) is -0.0743. The molecule has 0 radical (unpaired) electrons. The van der Waals surface area contributed by atoms with E-state index in [1.165, 1.54) is 6.07 Å². The van der Waals surface area contributed by atoms with Crippen molar-refractivity contribution in [1.29, 1.82) is 0 Å². The maximum Gasteiger partial charge on any atom is 0.416 e. The number of hydrogen-bond acceptors (Lipinski definition) is 3. The van der Waals surface area contributed by atoms with Crippen LogP contribution in [0, 0.1) is 0 Å². The van der Waals surface area contributed by atoms with Gasteiger partial charge in [-0.2, -0.15) is 13.2 Å². The van der Waals surface area contributed by atoms with Gasteiger partial charge in [-0.15, -0.1) is 0 Å². The number of benzene rings is 1. The van der Waals surface area contributed by atoms with Crippen molar-refractivity contribution in [2.45, 2.75) is 18.3 Å². The van der Waals surface area contributed by atoms with Gasteiger partial charge < -0.3 is 14.8 Å². The molecule has 1 aliphatic rings. The van der Waals surface area contributed by atoms with E-state index in [1.807, 2.05) is 0 Å². The molecule has 0 saturated carbocycles. The number of likely N-dealkylation sites (N-methyl/N-ethyl adjacent to an activating group) is 1. The molecule has 1 unspecified atom stereocenters. The summed E-state index contributed by atoms with van der Waals surface area (Å²) in [6.07, 6.45) is -4.27. The Kier molecular flexibility index (Phi) is 4.44. The molecule has 1 N–H and O–H groups in total. The van der Waals surface area contributed by atoms with Crippen LogP contribution in [0.5, 0.6) is 0 Å². The molecule has 1 aromatic carbocycles. The van der Waals surface area contributed by atoms with Crippen molar-refractivity contribution in [2.75, 3.05) is 26.9 Å². The van der Waals surface area contributed by atoms with Gasteiger partial charge in [0, 0.05) is 0 Å². The quantitative estimate of drug-likeness (QED) is 0.895. The van der Waals surface area contributed by atoms with Crippen LogP contribution < -0.4 is 5.32 Å². The first kappa shape index (κ1) is 14.3. The smallest absolute Gasteiger partial charge is 0.376 e. The minimum atomic E-state index is -4.32. The second-order valence-corrected chi connectivity index (χ2v) is 4.46. The highest BCUT2D eigenvalue weighted by Crippen LogP contribution is 2.30. The van der Waals surface area contributed by atoms with Crippen molar-refractivity contribution < 1.29 is 22.6 Å². The first-order chi connectivity index (χ1) is 9.00. The molecule has 19 heavy (non-hydrogen) atoms. The zero-order valence-corrected chi connectivity index (χ0v) is 10.5. The number of ether oxygens (including phenoxy) is 2. The first-order valence-electron chi connectivity index (χ1n) is 6.04. The third-order valence-corrected chi connectivity index (χ3v) is 3.07. The van der Waals surface area contributed by atoms with Crippen molar-refractivity contribution in [1.82, 2.24) is 5.32 Å². The van der Waals surface area contributed by atoms with Gasteiger partial charge in [-0.1, -0.05) is 12.1 Å². The highest BCUT2D eigenvalue weighted by Gasteiger charge is 2.31. The summed E-state index contributed by atoms with van der Waals surface area (Å²) in [6, 6.07) is 5.04. The molecule has 1 fully saturated rings. The second kappa shape index (κ2) is 5.90. The fraction of sp³-hybridized carbons (Fsp3) is 0.538. The van der Waals surface area contributed by atoms with Gasteiger partial charge in [0.05, 0.1) is 31.4 Å². The van der Waals surface area contributed by atoms with Crippen molar-refractivity contribution in [3.05, 3.63) is 35.4 Å². The Bertz CT molecular complexity index is 419. The molecule has 0 spiro atoms. The van der Waals surface area contributed by atoms with Crippen LogP contribution in [-0.2, 0) is 15.7 Å². The summed E-state index contributed by atoms with van der Waals surface area (Å²) in [7, 11) is 1.70. The summed E-state index contributed by atoms with van der Waals surface area (Å²) in [5, 5.41) is 2.97. The lowest BCUT2D eigenvalue weighted by molar-refractivity contribution is -0.138. The monoisotopic (exact) mass is 275 g/mol. The SMILES string of the molecule is CNC(COC1COC1)c1cccc(C(F)(F)F)c1. The fourth-order valence-corrected chi connectivity index (χ4v) is 1.82. The highest BCUT2D eigenvalue weighted by atomic mass is 19.4. The van der Waals surface area contributed by atoms with Gasteiger partial charge in [0.25, 0.3) is 0 Å². The Morgan fingerprint density at radius 3 is 2.68 bits per heavy atom. The number of rotatable bonds is 5. The summed E-state index contributed by atoms with van der Waals surface area (Å²) < 4.78 is 48.5. The van der Waals surface area contributed by atoms with Gasteiger partial charge in [-0.3, -0.25) is 0 Å². The Labute approximate surface area is 109 Å². The van der Waals surface area contributed by atoms with Crippen LogP contribution in [0.3, 0.4) is 0 Å². The van der Waals surface area contributed by atoms with E-state index in [-0.39, 0.29) is 12.1 Å². The first-order valence-corrected chi connectivity index (χ1v) is 6.04. The van der Waals surface area contributed by atoms with E-state index in [9.17, 15) is 13.2 Å². The van der Waals surface area contributed by atoms with Gasteiger partial charge >= 0.3 is 6.18 Å². The Balaban J connectivity index is 2.04. The molecule has 1 aromatic rings. The summed E-state index contributed by atoms with van der Waals surface area (Å²) in [6.45, 7) is 1.43. The Hall–Kier alpha value is -1.11. The lowest BCUT2D eigenvalue weighted by Gasteiger charge is -2.28. The van der Waals surface area contributed by atoms with E-state index in [0.29, 0.717) is 25.4 Å². The molecule has 1 aliphatic heterocycles. The fourth-order valence-electron chi connectivity index (χ4n) is 1.82. The minimum absolute atomic E-state index is 0.0571. The molecule has 106 valence electrons. The van der Waals surface area contributed by atoms with E-state index >= 15 is 0 Å². The van der Waals surface area contributed by atoms with Crippen molar-refractivity contribution >= 4 is 0 Å². The van der Waals surface area contributed by atoms with Crippen molar-refractivity contribution in [3.63, 3.8) is 0 Å².